The second-order valence-corrected chi connectivity index (χ2v) is 3.57. The molecule has 1 aromatic heterocycles. The van der Waals surface area contributed by atoms with Crippen molar-refractivity contribution >= 4 is 17.7 Å². The van der Waals surface area contributed by atoms with E-state index >= 15 is 0 Å². The van der Waals surface area contributed by atoms with E-state index in [9.17, 15) is 4.79 Å². The molecule has 5 nitrogen and oxygen atoms in total. The highest BCUT2D eigenvalue weighted by molar-refractivity contribution is 6.13. The lowest BCUT2D eigenvalue weighted by molar-refractivity contribution is 0.0995. The summed E-state index contributed by atoms with van der Waals surface area (Å²) in [6.07, 6.45) is 2.07. The predicted octanol–water partition coefficient (Wildman–Crippen LogP) is 1.40. The average Bonchev–Trinajstić information content (AvgIpc) is 2.68. The normalized spacial score (nSPS) is 14.9. The Balaban J connectivity index is 2.87. The van der Waals surface area contributed by atoms with Crippen molar-refractivity contribution in [3.05, 3.63) is 17.8 Å². The Labute approximate surface area is 93.1 Å². The maximum absolute atomic E-state index is 10.8. The van der Waals surface area contributed by atoms with Gasteiger partial charge in [0.05, 0.1) is 5.92 Å². The standard InChI is InChI=1S/C9H14ClN3O2/c1-3-6(5(2)13-10)9-12-7(4-15-9)8(11)14/h4-6,13H,3H2,1-2H3,(H2,11,14)/t5-,6-/m1/s1. The molecule has 1 amide bonds. The van der Waals surface area contributed by atoms with Crippen LogP contribution in [0.15, 0.2) is 10.7 Å². The molecule has 0 aliphatic carbocycles. The van der Waals surface area contributed by atoms with E-state index in [-0.39, 0.29) is 17.7 Å². The van der Waals surface area contributed by atoms with Crippen LogP contribution in [0.1, 0.15) is 42.6 Å². The Hall–Kier alpha value is -1.07. The van der Waals surface area contributed by atoms with E-state index in [0.717, 1.165) is 6.42 Å². The number of primary amides is 1. The quantitative estimate of drug-likeness (QED) is 0.751. The molecule has 1 rings (SSSR count). The summed E-state index contributed by atoms with van der Waals surface area (Å²) in [7, 11) is 0. The lowest BCUT2D eigenvalue weighted by Crippen LogP contribution is -2.25. The van der Waals surface area contributed by atoms with E-state index in [1.165, 1.54) is 6.26 Å². The van der Waals surface area contributed by atoms with Gasteiger partial charge >= 0.3 is 0 Å². The van der Waals surface area contributed by atoms with Crippen molar-refractivity contribution in [1.82, 2.24) is 9.82 Å². The van der Waals surface area contributed by atoms with Gasteiger partial charge in [-0.2, -0.15) is 0 Å². The van der Waals surface area contributed by atoms with Gasteiger partial charge in [0, 0.05) is 6.04 Å². The van der Waals surface area contributed by atoms with Gasteiger partial charge in [0.25, 0.3) is 5.91 Å². The van der Waals surface area contributed by atoms with Crippen LogP contribution in [0.5, 0.6) is 0 Å². The van der Waals surface area contributed by atoms with Crippen molar-refractivity contribution in [3.63, 3.8) is 0 Å². The maximum atomic E-state index is 10.8. The molecular weight excluding hydrogens is 218 g/mol. The number of amides is 1. The highest BCUT2D eigenvalue weighted by Crippen LogP contribution is 2.22. The fourth-order valence-corrected chi connectivity index (χ4v) is 1.54. The lowest BCUT2D eigenvalue weighted by Gasteiger charge is -2.17. The summed E-state index contributed by atoms with van der Waals surface area (Å²) < 4.78 is 5.19. The van der Waals surface area contributed by atoms with Crippen LogP contribution in [0, 0.1) is 0 Å². The molecular formula is C9H14ClN3O2. The molecule has 1 aromatic rings. The first kappa shape index (κ1) is 12.0. The second-order valence-electron chi connectivity index (χ2n) is 3.35. The molecule has 6 heteroatoms. The van der Waals surface area contributed by atoms with Crippen molar-refractivity contribution in [2.24, 2.45) is 5.73 Å². The minimum Gasteiger partial charge on any atom is -0.448 e. The van der Waals surface area contributed by atoms with Crippen molar-refractivity contribution in [1.29, 1.82) is 0 Å². The fraction of sp³-hybridized carbons (Fsp3) is 0.556. The number of hydrogen-bond donors (Lipinski definition) is 2. The Bertz CT molecular complexity index is 340. The third kappa shape index (κ3) is 2.70. The molecule has 15 heavy (non-hydrogen) atoms. The van der Waals surface area contributed by atoms with Crippen LogP contribution in [0.3, 0.4) is 0 Å². The van der Waals surface area contributed by atoms with Crippen LogP contribution in [-0.4, -0.2) is 16.9 Å². The minimum absolute atomic E-state index is 0.0102. The van der Waals surface area contributed by atoms with E-state index in [2.05, 4.69) is 9.82 Å². The minimum atomic E-state index is -0.591. The predicted molar refractivity (Wildman–Crippen MR) is 56.5 cm³/mol. The second kappa shape index (κ2) is 5.14. The highest BCUT2D eigenvalue weighted by atomic mass is 35.5. The molecule has 0 aliphatic heterocycles. The molecule has 0 aromatic carbocycles. The number of nitrogens with zero attached hydrogens (tertiary/aromatic N) is 1. The fourth-order valence-electron chi connectivity index (χ4n) is 1.39. The number of halogens is 1. The zero-order valence-corrected chi connectivity index (χ0v) is 9.41. The van der Waals surface area contributed by atoms with E-state index in [4.69, 9.17) is 21.9 Å². The SMILES string of the molecule is CC[C@@H](c1nc(C(N)=O)co1)[C@@H](C)NCl. The van der Waals surface area contributed by atoms with Crippen LogP contribution in [0.2, 0.25) is 0 Å². The number of aromatic nitrogens is 1. The molecule has 0 fully saturated rings. The van der Waals surface area contributed by atoms with Crippen molar-refractivity contribution in [2.45, 2.75) is 32.2 Å². The van der Waals surface area contributed by atoms with Gasteiger partial charge in [-0.05, 0) is 25.1 Å². The highest BCUT2D eigenvalue weighted by Gasteiger charge is 2.22. The maximum Gasteiger partial charge on any atom is 0.270 e. The van der Waals surface area contributed by atoms with Crippen molar-refractivity contribution < 1.29 is 9.21 Å². The van der Waals surface area contributed by atoms with Gasteiger partial charge in [-0.3, -0.25) is 4.79 Å². The molecule has 0 aliphatic rings. The summed E-state index contributed by atoms with van der Waals surface area (Å²) in [5.74, 6) is -0.0890. The van der Waals surface area contributed by atoms with Gasteiger partial charge in [0.2, 0.25) is 0 Å². The zero-order valence-electron chi connectivity index (χ0n) is 8.66. The molecule has 3 N–H and O–H groups in total. The average molecular weight is 232 g/mol. The van der Waals surface area contributed by atoms with Crippen LogP contribution in [0.25, 0.3) is 0 Å². The Morgan fingerprint density at radius 1 is 1.80 bits per heavy atom. The molecule has 0 unspecified atom stereocenters. The van der Waals surface area contributed by atoms with Gasteiger partial charge in [-0.25, -0.2) is 9.82 Å². The van der Waals surface area contributed by atoms with Gasteiger partial charge in [0.1, 0.15) is 6.26 Å². The molecule has 1 heterocycles. The number of oxazole rings is 1. The van der Waals surface area contributed by atoms with Crippen LogP contribution < -0.4 is 10.6 Å². The summed E-state index contributed by atoms with van der Waals surface area (Å²) in [6, 6.07) is 0.0102. The number of carbonyl (C=O) groups is 1. The van der Waals surface area contributed by atoms with Crippen molar-refractivity contribution in [2.75, 3.05) is 0 Å². The van der Waals surface area contributed by atoms with Gasteiger partial charge in [-0.15, -0.1) is 0 Å². The number of nitrogens with one attached hydrogen (secondary N) is 1. The molecule has 0 radical (unpaired) electrons. The van der Waals surface area contributed by atoms with Crippen molar-refractivity contribution in [3.8, 4) is 0 Å². The lowest BCUT2D eigenvalue weighted by atomic mass is 9.99. The van der Waals surface area contributed by atoms with E-state index in [1.807, 2.05) is 13.8 Å². The van der Waals surface area contributed by atoms with Gasteiger partial charge < -0.3 is 10.2 Å². The summed E-state index contributed by atoms with van der Waals surface area (Å²) in [5.41, 5.74) is 5.22. The monoisotopic (exact) mass is 231 g/mol. The third-order valence-corrected chi connectivity index (χ3v) is 2.65. The first-order valence-corrected chi connectivity index (χ1v) is 5.09. The summed E-state index contributed by atoms with van der Waals surface area (Å²) >= 11 is 5.53. The smallest absolute Gasteiger partial charge is 0.270 e. The number of hydrogen-bond acceptors (Lipinski definition) is 4. The summed E-state index contributed by atoms with van der Waals surface area (Å²) in [5, 5.41) is 0. The summed E-state index contributed by atoms with van der Waals surface area (Å²) in [6.45, 7) is 3.90. The van der Waals surface area contributed by atoms with Gasteiger partial charge in [0.15, 0.2) is 11.6 Å². The molecule has 84 valence electrons. The Morgan fingerprint density at radius 2 is 2.47 bits per heavy atom. The number of carbonyl (C=O) groups excluding carboxylic acids is 1. The zero-order chi connectivity index (χ0) is 11.4. The molecule has 0 saturated heterocycles. The molecule has 0 saturated carbocycles. The van der Waals surface area contributed by atoms with Gasteiger partial charge in [-0.1, -0.05) is 6.92 Å². The van der Waals surface area contributed by atoms with E-state index in [1.54, 1.807) is 0 Å². The third-order valence-electron chi connectivity index (χ3n) is 2.31. The molecule has 0 bridgehead atoms. The first-order valence-electron chi connectivity index (χ1n) is 4.71. The largest absolute Gasteiger partial charge is 0.448 e. The van der Waals surface area contributed by atoms with E-state index < -0.39 is 5.91 Å². The topological polar surface area (TPSA) is 81.2 Å². The number of nitrogens with two attached hydrogens (primary N) is 1. The summed E-state index contributed by atoms with van der Waals surface area (Å²) in [4.78, 5) is 17.4. The number of rotatable bonds is 5. The van der Waals surface area contributed by atoms with Crippen LogP contribution in [0.4, 0.5) is 0 Å². The Kier molecular flexibility index (Phi) is 4.11. The van der Waals surface area contributed by atoms with Crippen LogP contribution >= 0.6 is 11.8 Å². The molecule has 0 spiro atoms. The first-order chi connectivity index (χ1) is 7.10. The Morgan fingerprint density at radius 3 is 2.87 bits per heavy atom. The van der Waals surface area contributed by atoms with Crippen LogP contribution in [-0.2, 0) is 0 Å². The molecule has 2 atom stereocenters. The van der Waals surface area contributed by atoms with E-state index in [0.29, 0.717) is 5.89 Å².